The van der Waals surface area contributed by atoms with E-state index in [4.69, 9.17) is 5.73 Å². The first-order valence-corrected chi connectivity index (χ1v) is 7.58. The first kappa shape index (κ1) is 15.2. The van der Waals surface area contributed by atoms with Crippen molar-refractivity contribution >= 4 is 15.9 Å². The van der Waals surface area contributed by atoms with Gasteiger partial charge in [-0.1, -0.05) is 53.2 Å². The van der Waals surface area contributed by atoms with E-state index in [2.05, 4.69) is 35.0 Å². The van der Waals surface area contributed by atoms with Crippen LogP contribution in [0.15, 0.2) is 53.0 Å². The summed E-state index contributed by atoms with van der Waals surface area (Å²) in [5, 5.41) is 0. The molecule has 0 aliphatic heterocycles. The molecular formula is C17H19BrFN. The maximum Gasteiger partial charge on any atom is 0.123 e. The van der Waals surface area contributed by atoms with Gasteiger partial charge in [-0.25, -0.2) is 4.39 Å². The van der Waals surface area contributed by atoms with E-state index in [1.807, 2.05) is 18.2 Å². The van der Waals surface area contributed by atoms with Crippen LogP contribution in [0.2, 0.25) is 0 Å². The van der Waals surface area contributed by atoms with Gasteiger partial charge < -0.3 is 5.73 Å². The van der Waals surface area contributed by atoms with Gasteiger partial charge in [-0.3, -0.25) is 0 Å². The summed E-state index contributed by atoms with van der Waals surface area (Å²) < 4.78 is 14.3. The quantitative estimate of drug-likeness (QED) is 0.856. The Morgan fingerprint density at radius 2 is 1.80 bits per heavy atom. The van der Waals surface area contributed by atoms with E-state index in [-0.39, 0.29) is 11.4 Å². The molecule has 0 bridgehead atoms. The van der Waals surface area contributed by atoms with Crippen molar-refractivity contribution in [2.45, 2.75) is 31.7 Å². The van der Waals surface area contributed by atoms with Gasteiger partial charge in [0.1, 0.15) is 5.82 Å². The highest BCUT2D eigenvalue weighted by Gasteiger charge is 2.24. The Labute approximate surface area is 128 Å². The van der Waals surface area contributed by atoms with Gasteiger partial charge in [0.05, 0.1) is 0 Å². The highest BCUT2D eigenvalue weighted by Crippen LogP contribution is 2.25. The first-order chi connectivity index (χ1) is 9.52. The highest BCUT2D eigenvalue weighted by atomic mass is 79.9. The molecule has 0 fully saturated rings. The summed E-state index contributed by atoms with van der Waals surface area (Å²) in [5.41, 5.74) is 8.31. The minimum absolute atomic E-state index is 0.221. The zero-order valence-corrected chi connectivity index (χ0v) is 13.2. The number of benzene rings is 2. The number of nitrogens with two attached hydrogens (primary N) is 1. The molecule has 0 aromatic heterocycles. The fraction of sp³-hybridized carbons (Fsp3) is 0.294. The minimum Gasteiger partial charge on any atom is -0.325 e. The lowest BCUT2D eigenvalue weighted by Crippen LogP contribution is -2.43. The van der Waals surface area contributed by atoms with Crippen LogP contribution in [-0.2, 0) is 12.8 Å². The van der Waals surface area contributed by atoms with Crippen LogP contribution in [0.5, 0.6) is 0 Å². The lowest BCUT2D eigenvalue weighted by molar-refractivity contribution is 0.403. The second-order valence-corrected chi connectivity index (χ2v) is 6.15. The van der Waals surface area contributed by atoms with E-state index < -0.39 is 0 Å². The Morgan fingerprint density at radius 1 is 1.10 bits per heavy atom. The van der Waals surface area contributed by atoms with E-state index in [1.165, 1.54) is 11.6 Å². The lowest BCUT2D eigenvalue weighted by atomic mass is 9.83. The van der Waals surface area contributed by atoms with Crippen LogP contribution < -0.4 is 5.73 Å². The van der Waals surface area contributed by atoms with E-state index in [9.17, 15) is 4.39 Å². The van der Waals surface area contributed by atoms with Crippen molar-refractivity contribution in [2.24, 2.45) is 5.73 Å². The molecule has 0 heterocycles. The average Bonchev–Trinajstić information content (AvgIpc) is 2.44. The van der Waals surface area contributed by atoms with E-state index in [0.717, 1.165) is 22.9 Å². The predicted octanol–water partition coefficient (Wildman–Crippen LogP) is 4.48. The third-order valence-corrected chi connectivity index (χ3v) is 4.43. The predicted molar refractivity (Wildman–Crippen MR) is 85.2 cm³/mol. The second-order valence-electron chi connectivity index (χ2n) is 5.29. The summed E-state index contributed by atoms with van der Waals surface area (Å²) in [4.78, 5) is 0. The van der Waals surface area contributed by atoms with Gasteiger partial charge in [-0.2, -0.15) is 0 Å². The first-order valence-electron chi connectivity index (χ1n) is 6.79. The smallest absolute Gasteiger partial charge is 0.123 e. The van der Waals surface area contributed by atoms with Crippen molar-refractivity contribution in [3.8, 4) is 0 Å². The summed E-state index contributed by atoms with van der Waals surface area (Å²) in [6, 6.07) is 14.9. The summed E-state index contributed by atoms with van der Waals surface area (Å²) in [5.74, 6) is -0.221. The molecule has 20 heavy (non-hydrogen) atoms. The van der Waals surface area contributed by atoms with Crippen LogP contribution in [-0.4, -0.2) is 5.54 Å². The molecule has 0 saturated carbocycles. The molecule has 1 nitrogen and oxygen atoms in total. The SMILES string of the molecule is CCC(N)(Cc1ccccc1)Cc1cc(F)ccc1Br. The normalized spacial score (nSPS) is 14.0. The average molecular weight is 336 g/mol. The van der Waals surface area contributed by atoms with Crippen molar-refractivity contribution < 1.29 is 4.39 Å². The molecular weight excluding hydrogens is 317 g/mol. The number of hydrogen-bond acceptors (Lipinski definition) is 1. The lowest BCUT2D eigenvalue weighted by Gasteiger charge is -2.29. The van der Waals surface area contributed by atoms with Gasteiger partial charge in [-0.15, -0.1) is 0 Å². The van der Waals surface area contributed by atoms with Crippen LogP contribution in [0, 0.1) is 5.82 Å². The van der Waals surface area contributed by atoms with Crippen molar-refractivity contribution in [3.05, 3.63) is 69.9 Å². The van der Waals surface area contributed by atoms with Gasteiger partial charge in [-0.05, 0) is 48.6 Å². The molecule has 0 aliphatic rings. The number of halogens is 2. The van der Waals surface area contributed by atoms with Crippen LogP contribution in [0.3, 0.4) is 0 Å². The zero-order valence-electron chi connectivity index (χ0n) is 11.6. The molecule has 0 aliphatic carbocycles. The van der Waals surface area contributed by atoms with Crippen molar-refractivity contribution in [2.75, 3.05) is 0 Å². The number of rotatable bonds is 5. The molecule has 0 spiro atoms. The fourth-order valence-corrected chi connectivity index (χ4v) is 2.76. The van der Waals surface area contributed by atoms with Gasteiger partial charge in [0.15, 0.2) is 0 Å². The molecule has 0 amide bonds. The Morgan fingerprint density at radius 3 is 2.45 bits per heavy atom. The second kappa shape index (κ2) is 6.51. The molecule has 0 saturated heterocycles. The molecule has 1 unspecified atom stereocenters. The molecule has 2 rings (SSSR count). The van der Waals surface area contributed by atoms with Crippen LogP contribution >= 0.6 is 15.9 Å². The molecule has 106 valence electrons. The van der Waals surface area contributed by atoms with E-state index in [1.54, 1.807) is 12.1 Å². The van der Waals surface area contributed by atoms with E-state index >= 15 is 0 Å². The number of hydrogen-bond donors (Lipinski definition) is 1. The summed E-state index contributed by atoms with van der Waals surface area (Å²) in [7, 11) is 0. The topological polar surface area (TPSA) is 26.0 Å². The zero-order chi connectivity index (χ0) is 14.6. The fourth-order valence-electron chi connectivity index (χ4n) is 2.37. The summed E-state index contributed by atoms with van der Waals surface area (Å²) in [6.07, 6.45) is 2.27. The standard InChI is InChI=1S/C17H19BrFN/c1-2-17(20,11-13-6-4-3-5-7-13)12-14-10-15(19)8-9-16(14)18/h3-10H,2,11-12,20H2,1H3. The van der Waals surface area contributed by atoms with Crippen molar-refractivity contribution in [1.29, 1.82) is 0 Å². The Balaban J connectivity index is 2.20. The van der Waals surface area contributed by atoms with Crippen LogP contribution in [0.25, 0.3) is 0 Å². The molecule has 3 heteroatoms. The summed E-state index contributed by atoms with van der Waals surface area (Å²) >= 11 is 3.48. The van der Waals surface area contributed by atoms with Gasteiger partial charge >= 0.3 is 0 Å². The Hall–Kier alpha value is -1.19. The van der Waals surface area contributed by atoms with Gasteiger partial charge in [0, 0.05) is 10.0 Å². The van der Waals surface area contributed by atoms with Crippen LogP contribution in [0.4, 0.5) is 4.39 Å². The Bertz CT molecular complexity index is 570. The van der Waals surface area contributed by atoms with E-state index in [0.29, 0.717) is 6.42 Å². The highest BCUT2D eigenvalue weighted by molar-refractivity contribution is 9.10. The molecule has 1 atom stereocenters. The Kier molecular flexibility index (Phi) is 4.95. The van der Waals surface area contributed by atoms with Gasteiger partial charge in [0.25, 0.3) is 0 Å². The van der Waals surface area contributed by atoms with Crippen molar-refractivity contribution in [3.63, 3.8) is 0 Å². The maximum absolute atomic E-state index is 13.4. The van der Waals surface area contributed by atoms with Gasteiger partial charge in [0.2, 0.25) is 0 Å². The summed E-state index contributed by atoms with van der Waals surface area (Å²) in [6.45, 7) is 2.08. The molecule has 2 aromatic carbocycles. The molecule has 0 radical (unpaired) electrons. The molecule has 2 aromatic rings. The third kappa shape index (κ3) is 3.90. The minimum atomic E-state index is -0.363. The van der Waals surface area contributed by atoms with Crippen LogP contribution in [0.1, 0.15) is 24.5 Å². The molecule has 2 N–H and O–H groups in total. The maximum atomic E-state index is 13.4. The monoisotopic (exact) mass is 335 g/mol. The largest absolute Gasteiger partial charge is 0.325 e. The van der Waals surface area contributed by atoms with Crippen molar-refractivity contribution in [1.82, 2.24) is 0 Å². The third-order valence-electron chi connectivity index (χ3n) is 3.65.